The third-order valence-electron chi connectivity index (χ3n) is 1.32. The molecule has 9 heavy (non-hydrogen) atoms. The zero-order chi connectivity index (χ0) is 6.69. The van der Waals surface area contributed by atoms with Crippen molar-refractivity contribution in [2.45, 2.75) is 12.8 Å². The molecule has 0 fully saturated rings. The van der Waals surface area contributed by atoms with Crippen LogP contribution in [0.25, 0.3) is 0 Å². The summed E-state index contributed by atoms with van der Waals surface area (Å²) in [5.74, 6) is 0. The molecule has 0 unspecified atom stereocenters. The molecule has 1 aliphatic carbocycles. The molecule has 0 heterocycles. The van der Waals surface area contributed by atoms with Crippen LogP contribution in [0.2, 0.25) is 0 Å². The van der Waals surface area contributed by atoms with E-state index in [2.05, 4.69) is 34.3 Å². The van der Waals surface area contributed by atoms with E-state index in [1.54, 1.807) is 0 Å². The fraction of sp³-hybridized carbons (Fsp3) is 0.429. The molecule has 0 aromatic rings. The topological polar surface area (TPSA) is 0 Å². The first-order valence-corrected chi connectivity index (χ1v) is 4.94. The number of thioether (sulfide) groups is 1. The molecule has 0 spiro atoms. The summed E-state index contributed by atoms with van der Waals surface area (Å²) in [4.78, 5) is 1.48. The Kier molecular flexibility index (Phi) is 2.86. The molecule has 0 atom stereocenters. The van der Waals surface area contributed by atoms with E-state index < -0.39 is 0 Å². The molecular formula is C7H9BrS. The fourth-order valence-electron chi connectivity index (χ4n) is 0.763. The molecule has 0 saturated heterocycles. The van der Waals surface area contributed by atoms with Crippen LogP contribution in [0, 0.1) is 0 Å². The molecule has 0 aromatic carbocycles. The number of rotatable bonds is 1. The first-order chi connectivity index (χ1) is 4.33. The molecule has 2 heteroatoms. The highest BCUT2D eigenvalue weighted by Crippen LogP contribution is 2.27. The summed E-state index contributed by atoms with van der Waals surface area (Å²) >= 11 is 5.30. The number of hydrogen-bond donors (Lipinski definition) is 0. The van der Waals surface area contributed by atoms with Crippen molar-refractivity contribution in [1.29, 1.82) is 0 Å². The molecule has 50 valence electrons. The molecule has 0 amide bonds. The van der Waals surface area contributed by atoms with Gasteiger partial charge in [0.2, 0.25) is 0 Å². The highest BCUT2D eigenvalue weighted by molar-refractivity contribution is 9.11. The van der Waals surface area contributed by atoms with Crippen LogP contribution in [-0.4, -0.2) is 6.26 Å². The van der Waals surface area contributed by atoms with Gasteiger partial charge < -0.3 is 0 Å². The van der Waals surface area contributed by atoms with Gasteiger partial charge in [0.25, 0.3) is 0 Å². The van der Waals surface area contributed by atoms with Gasteiger partial charge in [0.15, 0.2) is 0 Å². The second kappa shape index (κ2) is 3.47. The van der Waals surface area contributed by atoms with Gasteiger partial charge in [-0.15, -0.1) is 11.8 Å². The number of halogens is 1. The summed E-state index contributed by atoms with van der Waals surface area (Å²) in [7, 11) is 0. The van der Waals surface area contributed by atoms with Crippen molar-refractivity contribution in [3.05, 3.63) is 21.5 Å². The Balaban J connectivity index is 2.59. The Morgan fingerprint density at radius 3 is 2.67 bits per heavy atom. The summed E-state index contributed by atoms with van der Waals surface area (Å²) in [5.41, 5.74) is 0. The lowest BCUT2D eigenvalue weighted by molar-refractivity contribution is 1.01. The average molecular weight is 205 g/mol. The Labute approximate surface area is 68.5 Å². The van der Waals surface area contributed by atoms with Crippen LogP contribution in [0.1, 0.15) is 12.8 Å². The average Bonchev–Trinajstić information content (AvgIpc) is 1.90. The predicted octanol–water partition coefficient (Wildman–Crippen LogP) is 3.31. The third-order valence-corrected chi connectivity index (χ3v) is 2.85. The molecule has 1 rings (SSSR count). The van der Waals surface area contributed by atoms with Gasteiger partial charge in [-0.1, -0.05) is 28.1 Å². The van der Waals surface area contributed by atoms with Crippen molar-refractivity contribution in [3.63, 3.8) is 0 Å². The SMILES string of the molecule is CSC1=CC=C(Br)CC1. The summed E-state index contributed by atoms with van der Waals surface area (Å²) in [5, 5.41) is 0. The Morgan fingerprint density at radius 1 is 1.44 bits per heavy atom. The van der Waals surface area contributed by atoms with E-state index in [0.29, 0.717) is 0 Å². The summed E-state index contributed by atoms with van der Waals surface area (Å²) < 4.78 is 1.32. The zero-order valence-electron chi connectivity index (χ0n) is 5.36. The smallest absolute Gasteiger partial charge is 0.00456 e. The van der Waals surface area contributed by atoms with E-state index in [4.69, 9.17) is 0 Å². The third kappa shape index (κ3) is 2.18. The van der Waals surface area contributed by atoms with Gasteiger partial charge in [0.05, 0.1) is 0 Å². The fourth-order valence-corrected chi connectivity index (χ4v) is 1.60. The molecule has 0 bridgehead atoms. The Bertz CT molecular complexity index is 158. The Morgan fingerprint density at radius 2 is 2.22 bits per heavy atom. The van der Waals surface area contributed by atoms with Crippen molar-refractivity contribution in [1.82, 2.24) is 0 Å². The molecule has 0 N–H and O–H groups in total. The molecule has 0 aromatic heterocycles. The van der Waals surface area contributed by atoms with E-state index in [-0.39, 0.29) is 0 Å². The van der Waals surface area contributed by atoms with Gasteiger partial charge in [0, 0.05) is 0 Å². The second-order valence-electron chi connectivity index (χ2n) is 1.95. The lowest BCUT2D eigenvalue weighted by Gasteiger charge is -2.06. The van der Waals surface area contributed by atoms with Crippen LogP contribution in [0.3, 0.4) is 0 Å². The first kappa shape index (κ1) is 7.42. The minimum atomic E-state index is 1.17. The van der Waals surface area contributed by atoms with Gasteiger partial charge in [-0.05, 0) is 28.5 Å². The molecule has 0 radical (unpaired) electrons. The highest BCUT2D eigenvalue weighted by Gasteiger charge is 2.01. The molecule has 0 nitrogen and oxygen atoms in total. The lowest BCUT2D eigenvalue weighted by Crippen LogP contribution is -1.83. The van der Waals surface area contributed by atoms with E-state index in [1.807, 2.05) is 11.8 Å². The number of hydrogen-bond acceptors (Lipinski definition) is 1. The van der Waals surface area contributed by atoms with E-state index in [9.17, 15) is 0 Å². The summed E-state index contributed by atoms with van der Waals surface area (Å²) in [6.45, 7) is 0. The van der Waals surface area contributed by atoms with Gasteiger partial charge in [-0.2, -0.15) is 0 Å². The van der Waals surface area contributed by atoms with Crippen LogP contribution < -0.4 is 0 Å². The normalized spacial score (nSPS) is 18.9. The van der Waals surface area contributed by atoms with Gasteiger partial charge >= 0.3 is 0 Å². The van der Waals surface area contributed by atoms with Crippen LogP contribution in [0.4, 0.5) is 0 Å². The lowest BCUT2D eigenvalue weighted by atomic mass is 10.2. The molecular weight excluding hydrogens is 196 g/mol. The minimum absolute atomic E-state index is 1.17. The second-order valence-corrected chi connectivity index (χ2v) is 3.90. The zero-order valence-corrected chi connectivity index (χ0v) is 7.76. The molecule has 1 aliphatic rings. The standard InChI is InChI=1S/C7H9BrS/c1-9-7-4-2-6(8)3-5-7/h2,4H,3,5H2,1H3. The molecule has 0 saturated carbocycles. The maximum absolute atomic E-state index is 3.45. The first-order valence-electron chi connectivity index (χ1n) is 2.92. The van der Waals surface area contributed by atoms with Crippen molar-refractivity contribution >= 4 is 27.7 Å². The summed E-state index contributed by atoms with van der Waals surface area (Å²) in [6.07, 6.45) is 8.82. The monoisotopic (exact) mass is 204 g/mol. The largest absolute Gasteiger partial charge is 0.134 e. The van der Waals surface area contributed by atoms with Crippen LogP contribution in [0.5, 0.6) is 0 Å². The number of allylic oxidation sites excluding steroid dienone is 4. The van der Waals surface area contributed by atoms with Gasteiger partial charge in [-0.3, -0.25) is 0 Å². The van der Waals surface area contributed by atoms with Crippen molar-refractivity contribution in [2.24, 2.45) is 0 Å². The quantitative estimate of drug-likeness (QED) is 0.632. The van der Waals surface area contributed by atoms with Gasteiger partial charge in [0.1, 0.15) is 0 Å². The minimum Gasteiger partial charge on any atom is -0.134 e. The van der Waals surface area contributed by atoms with E-state index in [1.165, 1.54) is 22.2 Å². The molecule has 0 aliphatic heterocycles. The maximum Gasteiger partial charge on any atom is -0.00456 e. The Hall–Kier alpha value is 0.310. The van der Waals surface area contributed by atoms with Gasteiger partial charge in [-0.25, -0.2) is 0 Å². The highest BCUT2D eigenvalue weighted by atomic mass is 79.9. The van der Waals surface area contributed by atoms with Crippen LogP contribution in [-0.2, 0) is 0 Å². The van der Waals surface area contributed by atoms with Crippen molar-refractivity contribution < 1.29 is 0 Å². The predicted molar refractivity (Wildman–Crippen MR) is 47.8 cm³/mol. The van der Waals surface area contributed by atoms with Crippen LogP contribution in [0.15, 0.2) is 21.5 Å². The maximum atomic E-state index is 3.45. The van der Waals surface area contributed by atoms with Crippen molar-refractivity contribution in [2.75, 3.05) is 6.26 Å². The van der Waals surface area contributed by atoms with E-state index in [0.717, 1.165) is 0 Å². The van der Waals surface area contributed by atoms with E-state index >= 15 is 0 Å². The van der Waals surface area contributed by atoms with Crippen LogP contribution >= 0.6 is 27.7 Å². The summed E-state index contributed by atoms with van der Waals surface area (Å²) in [6, 6.07) is 0. The van der Waals surface area contributed by atoms with Crippen molar-refractivity contribution in [3.8, 4) is 0 Å².